The lowest BCUT2D eigenvalue weighted by atomic mass is 10.4. The molecule has 0 aliphatic heterocycles. The lowest BCUT2D eigenvalue weighted by Gasteiger charge is -1.96. The van der Waals surface area contributed by atoms with Crippen LogP contribution < -0.4 is 5.73 Å². The molecule has 5 heteroatoms. The van der Waals surface area contributed by atoms with Crippen LogP contribution in [0.25, 0.3) is 11.4 Å². The molecule has 5 nitrogen and oxygen atoms in total. The number of nitrogens with two attached hydrogens (primary N) is 1. The number of nitrogens with zero attached hydrogens (tertiary/aromatic N) is 3. The van der Waals surface area contributed by atoms with E-state index in [9.17, 15) is 0 Å². The number of aryl methyl sites for hydroxylation is 1. The lowest BCUT2D eigenvalue weighted by molar-refractivity contribution is 0.918. The largest absolute Gasteiger partial charge is 0.369 e. The van der Waals surface area contributed by atoms with Gasteiger partial charge in [-0.05, 0) is 0 Å². The zero-order valence-corrected chi connectivity index (χ0v) is 6.65. The van der Waals surface area contributed by atoms with Crippen molar-refractivity contribution in [3.63, 3.8) is 0 Å². The summed E-state index contributed by atoms with van der Waals surface area (Å²) in [5, 5.41) is 0. The molecule has 0 aliphatic rings. The van der Waals surface area contributed by atoms with Crippen molar-refractivity contribution >= 4 is 5.95 Å². The number of anilines is 1. The fraction of sp³-hybridized carbons (Fsp3) is 0.143. The molecule has 0 unspecified atom stereocenters. The molecular weight excluding hydrogens is 154 g/mol. The van der Waals surface area contributed by atoms with E-state index in [-0.39, 0.29) is 0 Å². The van der Waals surface area contributed by atoms with Crippen molar-refractivity contribution in [2.75, 3.05) is 5.73 Å². The summed E-state index contributed by atoms with van der Waals surface area (Å²) in [6, 6.07) is 0. The van der Waals surface area contributed by atoms with Crippen molar-refractivity contribution in [1.29, 1.82) is 0 Å². The van der Waals surface area contributed by atoms with E-state index in [1.54, 1.807) is 18.7 Å². The van der Waals surface area contributed by atoms with Crippen molar-refractivity contribution in [2.45, 2.75) is 0 Å². The number of nitrogen functional groups attached to an aromatic ring is 1. The summed E-state index contributed by atoms with van der Waals surface area (Å²) in [6.45, 7) is 0. The highest BCUT2D eigenvalue weighted by Crippen LogP contribution is 2.15. The van der Waals surface area contributed by atoms with Crippen molar-refractivity contribution in [3.8, 4) is 11.4 Å². The normalized spacial score (nSPS) is 10.4. The highest BCUT2D eigenvalue weighted by Gasteiger charge is 2.03. The number of rotatable bonds is 1. The summed E-state index contributed by atoms with van der Waals surface area (Å²) in [5.41, 5.74) is 7.29. The number of nitrogens with one attached hydrogen (secondary N) is 1. The van der Waals surface area contributed by atoms with Crippen LogP contribution in [0.15, 0.2) is 18.7 Å². The average Bonchev–Trinajstić information content (AvgIpc) is 2.58. The second kappa shape index (κ2) is 2.37. The van der Waals surface area contributed by atoms with E-state index in [1.165, 1.54) is 0 Å². The Morgan fingerprint density at radius 2 is 2.33 bits per heavy atom. The molecule has 62 valence electrons. The molecule has 3 N–H and O–H groups in total. The molecule has 0 aliphatic carbocycles. The molecule has 0 atom stereocenters. The van der Waals surface area contributed by atoms with Crippen molar-refractivity contribution in [2.24, 2.45) is 7.05 Å². The van der Waals surface area contributed by atoms with Gasteiger partial charge in [-0.2, -0.15) is 0 Å². The van der Waals surface area contributed by atoms with E-state index in [1.807, 2.05) is 11.6 Å². The van der Waals surface area contributed by atoms with Gasteiger partial charge in [0.15, 0.2) is 5.95 Å². The van der Waals surface area contributed by atoms with Gasteiger partial charge in [0.1, 0.15) is 0 Å². The minimum absolute atomic E-state index is 0.422. The van der Waals surface area contributed by atoms with Gasteiger partial charge in [0, 0.05) is 7.05 Å². The SMILES string of the molecule is Cn1cncc1-c1cnc(N)[nH]1. The summed E-state index contributed by atoms with van der Waals surface area (Å²) < 4.78 is 1.90. The van der Waals surface area contributed by atoms with Crippen LogP contribution >= 0.6 is 0 Å². The Kier molecular flexibility index (Phi) is 1.36. The van der Waals surface area contributed by atoms with E-state index in [0.717, 1.165) is 11.4 Å². The Bertz CT molecular complexity index is 386. The maximum absolute atomic E-state index is 5.44. The predicted octanol–water partition coefficient (Wildman–Crippen LogP) is 0.392. The zero-order chi connectivity index (χ0) is 8.55. The zero-order valence-electron chi connectivity index (χ0n) is 6.65. The first-order chi connectivity index (χ1) is 5.77. The third-order valence-electron chi connectivity index (χ3n) is 1.69. The molecule has 0 fully saturated rings. The molecule has 12 heavy (non-hydrogen) atoms. The van der Waals surface area contributed by atoms with Crippen LogP contribution in [0.5, 0.6) is 0 Å². The Balaban J connectivity index is 2.50. The third-order valence-corrected chi connectivity index (χ3v) is 1.69. The first-order valence-corrected chi connectivity index (χ1v) is 3.54. The topological polar surface area (TPSA) is 72.5 Å². The third kappa shape index (κ3) is 0.952. The Morgan fingerprint density at radius 3 is 2.83 bits per heavy atom. The minimum Gasteiger partial charge on any atom is -0.369 e. The molecular formula is C7H9N5. The van der Waals surface area contributed by atoms with Gasteiger partial charge >= 0.3 is 0 Å². The summed E-state index contributed by atoms with van der Waals surface area (Å²) >= 11 is 0. The first-order valence-electron chi connectivity index (χ1n) is 3.54. The van der Waals surface area contributed by atoms with Gasteiger partial charge < -0.3 is 15.3 Å². The molecule has 0 radical (unpaired) electrons. The molecule has 0 bridgehead atoms. The van der Waals surface area contributed by atoms with Gasteiger partial charge in [0.25, 0.3) is 0 Å². The van der Waals surface area contributed by atoms with Gasteiger partial charge in [-0.25, -0.2) is 9.97 Å². The van der Waals surface area contributed by atoms with E-state index >= 15 is 0 Å². The van der Waals surface area contributed by atoms with Crippen LogP contribution in [0.3, 0.4) is 0 Å². The average molecular weight is 163 g/mol. The number of aromatic amines is 1. The molecule has 2 heterocycles. The summed E-state index contributed by atoms with van der Waals surface area (Å²) in [5.74, 6) is 0.422. The molecule has 0 saturated heterocycles. The first kappa shape index (κ1) is 6.90. The van der Waals surface area contributed by atoms with Crippen LogP contribution in [0.4, 0.5) is 5.95 Å². The van der Waals surface area contributed by atoms with E-state index in [4.69, 9.17) is 5.73 Å². The molecule has 2 rings (SSSR count). The van der Waals surface area contributed by atoms with E-state index < -0.39 is 0 Å². The van der Waals surface area contributed by atoms with Crippen molar-refractivity contribution in [3.05, 3.63) is 18.7 Å². The Hall–Kier alpha value is -1.78. The van der Waals surface area contributed by atoms with Crippen molar-refractivity contribution in [1.82, 2.24) is 19.5 Å². The quantitative estimate of drug-likeness (QED) is 0.638. The molecule has 2 aromatic heterocycles. The number of hydrogen-bond donors (Lipinski definition) is 2. The number of hydrogen-bond acceptors (Lipinski definition) is 3. The van der Waals surface area contributed by atoms with Crippen LogP contribution in [-0.2, 0) is 7.05 Å². The number of aromatic nitrogens is 4. The summed E-state index contributed by atoms with van der Waals surface area (Å²) in [6.07, 6.45) is 5.17. The minimum atomic E-state index is 0.422. The Morgan fingerprint density at radius 1 is 1.50 bits per heavy atom. The van der Waals surface area contributed by atoms with Gasteiger partial charge in [-0.3, -0.25) is 0 Å². The monoisotopic (exact) mass is 163 g/mol. The highest BCUT2D eigenvalue weighted by atomic mass is 15.1. The van der Waals surface area contributed by atoms with Gasteiger partial charge in [-0.15, -0.1) is 0 Å². The van der Waals surface area contributed by atoms with Gasteiger partial charge in [-0.1, -0.05) is 0 Å². The number of H-pyrrole nitrogens is 1. The smallest absolute Gasteiger partial charge is 0.197 e. The standard InChI is InChI=1S/C7H9N5/c1-12-4-9-3-6(12)5-2-10-7(8)11-5/h2-4H,1H3,(H3,8,10,11). The maximum Gasteiger partial charge on any atom is 0.197 e. The highest BCUT2D eigenvalue weighted by molar-refractivity contribution is 5.54. The molecule has 0 amide bonds. The predicted molar refractivity (Wildman–Crippen MR) is 45.2 cm³/mol. The van der Waals surface area contributed by atoms with Crippen LogP contribution in [0.1, 0.15) is 0 Å². The summed E-state index contributed by atoms with van der Waals surface area (Å²) in [4.78, 5) is 10.8. The number of imidazole rings is 2. The molecule has 0 aromatic carbocycles. The van der Waals surface area contributed by atoms with Crippen LogP contribution in [-0.4, -0.2) is 19.5 Å². The fourth-order valence-electron chi connectivity index (χ4n) is 1.08. The van der Waals surface area contributed by atoms with E-state index in [0.29, 0.717) is 5.95 Å². The second-order valence-electron chi connectivity index (χ2n) is 2.57. The van der Waals surface area contributed by atoms with Gasteiger partial charge in [0.05, 0.1) is 30.1 Å². The molecule has 2 aromatic rings. The summed E-state index contributed by atoms with van der Waals surface area (Å²) in [7, 11) is 1.92. The van der Waals surface area contributed by atoms with Crippen molar-refractivity contribution < 1.29 is 0 Å². The molecule has 0 saturated carbocycles. The fourth-order valence-corrected chi connectivity index (χ4v) is 1.08. The lowest BCUT2D eigenvalue weighted by Crippen LogP contribution is -1.90. The molecule has 0 spiro atoms. The van der Waals surface area contributed by atoms with Crippen LogP contribution in [0.2, 0.25) is 0 Å². The second-order valence-corrected chi connectivity index (χ2v) is 2.57. The van der Waals surface area contributed by atoms with Gasteiger partial charge in [0.2, 0.25) is 0 Å². The van der Waals surface area contributed by atoms with E-state index in [2.05, 4.69) is 15.0 Å². The Labute approximate surface area is 69.3 Å². The van der Waals surface area contributed by atoms with Crippen LogP contribution in [0, 0.1) is 0 Å². The maximum atomic E-state index is 5.44.